The summed E-state index contributed by atoms with van der Waals surface area (Å²) in [5.41, 5.74) is 0.872. The lowest BCUT2D eigenvalue weighted by atomic mass is 9.88. The van der Waals surface area contributed by atoms with Gasteiger partial charge in [0.05, 0.1) is 17.0 Å². The van der Waals surface area contributed by atoms with Crippen LogP contribution in [0, 0.1) is 5.92 Å². The van der Waals surface area contributed by atoms with Gasteiger partial charge >= 0.3 is 0 Å². The predicted octanol–water partition coefficient (Wildman–Crippen LogP) is 5.34. The third-order valence-electron chi connectivity index (χ3n) is 5.87. The second kappa shape index (κ2) is 9.83. The molecule has 0 unspecified atom stereocenters. The number of amides is 1. The molecule has 1 saturated carbocycles. The number of hydrogen-bond acceptors (Lipinski definition) is 5. The maximum atomic E-state index is 12.5. The molecule has 1 aliphatic carbocycles. The Hall–Kier alpha value is -0.760. The highest BCUT2D eigenvalue weighted by Crippen LogP contribution is 2.32. The Labute approximate surface area is 183 Å². The molecule has 0 spiro atoms. The van der Waals surface area contributed by atoms with Gasteiger partial charge in [0.25, 0.3) is 0 Å². The number of halogens is 1. The maximum absolute atomic E-state index is 12.5. The molecule has 0 bridgehead atoms. The number of thiazole rings is 1. The van der Waals surface area contributed by atoms with Crippen molar-refractivity contribution in [1.82, 2.24) is 15.2 Å². The van der Waals surface area contributed by atoms with E-state index in [9.17, 15) is 4.79 Å². The topological polar surface area (TPSA) is 45.2 Å². The molecule has 1 N–H and O–H groups in total. The molecule has 2 aliphatic rings. The number of likely N-dealkylation sites (tertiary alicyclic amines) is 1. The molecule has 28 heavy (non-hydrogen) atoms. The van der Waals surface area contributed by atoms with Crippen molar-refractivity contribution in [3.63, 3.8) is 0 Å². The number of hydrogen-bond donors (Lipinski definition) is 1. The molecule has 0 aromatic carbocycles. The summed E-state index contributed by atoms with van der Waals surface area (Å²) in [6, 6.07) is 2.40. The summed E-state index contributed by atoms with van der Waals surface area (Å²) in [6.45, 7) is 3.51. The van der Waals surface area contributed by atoms with E-state index >= 15 is 0 Å². The van der Waals surface area contributed by atoms with Crippen LogP contribution in [-0.2, 0) is 11.2 Å². The van der Waals surface area contributed by atoms with Crippen LogP contribution in [-0.4, -0.2) is 41.5 Å². The van der Waals surface area contributed by atoms with Gasteiger partial charge in [0.2, 0.25) is 5.91 Å². The third-order valence-corrected chi connectivity index (χ3v) is 8.62. The normalized spacial score (nSPS) is 19.8. The lowest BCUT2D eigenvalue weighted by Gasteiger charge is -2.35. The van der Waals surface area contributed by atoms with Crippen LogP contribution < -0.4 is 5.32 Å². The number of carbonyl (C=O) groups excluding carboxylic acids is 1. The molecule has 3 heterocycles. The molecule has 0 radical (unpaired) electrons. The first-order valence-corrected chi connectivity index (χ1v) is 12.9. The summed E-state index contributed by atoms with van der Waals surface area (Å²) < 4.78 is 1.08. The Kier molecular flexibility index (Phi) is 7.20. The first-order chi connectivity index (χ1) is 13.7. The molecule has 1 amide bonds. The lowest BCUT2D eigenvalue weighted by Crippen LogP contribution is -2.46. The van der Waals surface area contributed by atoms with Crippen LogP contribution in [0.5, 0.6) is 0 Å². The Balaban J connectivity index is 1.20. The van der Waals surface area contributed by atoms with Crippen molar-refractivity contribution in [3.05, 3.63) is 27.0 Å². The second-order valence-electron chi connectivity index (χ2n) is 8.10. The quantitative estimate of drug-likeness (QED) is 0.605. The van der Waals surface area contributed by atoms with Gasteiger partial charge in [-0.1, -0.05) is 19.3 Å². The summed E-state index contributed by atoms with van der Waals surface area (Å²) in [6.07, 6.45) is 9.61. The van der Waals surface area contributed by atoms with Crippen LogP contribution in [0.15, 0.2) is 21.3 Å². The average molecular weight is 483 g/mol. The van der Waals surface area contributed by atoms with Gasteiger partial charge in [0.15, 0.2) is 0 Å². The molecular formula is C21H28BrN3OS2. The summed E-state index contributed by atoms with van der Waals surface area (Å²) in [5, 5.41) is 8.30. The van der Waals surface area contributed by atoms with E-state index in [0.717, 1.165) is 51.9 Å². The van der Waals surface area contributed by atoms with Gasteiger partial charge in [-0.3, -0.25) is 4.79 Å². The van der Waals surface area contributed by atoms with E-state index in [4.69, 9.17) is 0 Å². The molecular weight excluding hydrogens is 454 g/mol. The van der Waals surface area contributed by atoms with E-state index in [2.05, 4.69) is 42.6 Å². The van der Waals surface area contributed by atoms with Gasteiger partial charge in [0, 0.05) is 40.9 Å². The summed E-state index contributed by atoms with van der Waals surface area (Å²) in [4.78, 5) is 20.9. The molecule has 2 aromatic heterocycles. The SMILES string of the molecule is O=C(Cc1csc(-c2cc(Br)cs2)n1)NC1CCN(CC2CCCCC2)CC1. The predicted molar refractivity (Wildman–Crippen MR) is 121 cm³/mol. The van der Waals surface area contributed by atoms with Gasteiger partial charge in [-0.2, -0.15) is 0 Å². The molecule has 4 nitrogen and oxygen atoms in total. The number of aromatic nitrogens is 1. The first kappa shape index (κ1) is 20.5. The van der Waals surface area contributed by atoms with Crippen molar-refractivity contribution in [2.24, 2.45) is 5.92 Å². The Morgan fingerprint density at radius 2 is 1.93 bits per heavy atom. The average Bonchev–Trinajstić information content (AvgIpc) is 3.33. The van der Waals surface area contributed by atoms with Crippen LogP contribution in [0.25, 0.3) is 9.88 Å². The van der Waals surface area contributed by atoms with Crippen LogP contribution >= 0.6 is 38.6 Å². The molecule has 1 aliphatic heterocycles. The minimum atomic E-state index is 0.106. The molecule has 2 aromatic rings. The van der Waals surface area contributed by atoms with E-state index in [1.807, 2.05) is 5.38 Å². The molecule has 4 rings (SSSR count). The highest BCUT2D eigenvalue weighted by Gasteiger charge is 2.24. The smallest absolute Gasteiger partial charge is 0.226 e. The Morgan fingerprint density at radius 1 is 1.14 bits per heavy atom. The van der Waals surface area contributed by atoms with Crippen molar-refractivity contribution in [2.75, 3.05) is 19.6 Å². The van der Waals surface area contributed by atoms with E-state index in [1.165, 1.54) is 38.6 Å². The molecule has 0 atom stereocenters. The molecule has 7 heteroatoms. The maximum Gasteiger partial charge on any atom is 0.226 e. The fourth-order valence-electron chi connectivity index (χ4n) is 4.36. The third kappa shape index (κ3) is 5.65. The van der Waals surface area contributed by atoms with E-state index in [0.29, 0.717) is 12.5 Å². The number of thiophene rings is 1. The van der Waals surface area contributed by atoms with Gasteiger partial charge in [0.1, 0.15) is 5.01 Å². The largest absolute Gasteiger partial charge is 0.353 e. The van der Waals surface area contributed by atoms with Crippen LogP contribution in [0.2, 0.25) is 0 Å². The lowest BCUT2D eigenvalue weighted by molar-refractivity contribution is -0.121. The Bertz CT molecular complexity index is 776. The highest BCUT2D eigenvalue weighted by atomic mass is 79.9. The van der Waals surface area contributed by atoms with Crippen molar-refractivity contribution < 1.29 is 4.79 Å². The number of nitrogens with zero attached hydrogens (tertiary/aromatic N) is 2. The van der Waals surface area contributed by atoms with Crippen molar-refractivity contribution in [3.8, 4) is 9.88 Å². The van der Waals surface area contributed by atoms with Gasteiger partial charge in [-0.15, -0.1) is 22.7 Å². The van der Waals surface area contributed by atoms with Crippen LogP contribution in [0.3, 0.4) is 0 Å². The van der Waals surface area contributed by atoms with Crippen molar-refractivity contribution in [2.45, 2.75) is 57.4 Å². The van der Waals surface area contributed by atoms with Crippen molar-refractivity contribution >= 4 is 44.5 Å². The number of rotatable bonds is 6. The first-order valence-electron chi connectivity index (χ1n) is 10.4. The number of piperidine rings is 1. The van der Waals surface area contributed by atoms with Crippen LogP contribution in [0.1, 0.15) is 50.6 Å². The molecule has 152 valence electrons. The second-order valence-corrected chi connectivity index (χ2v) is 10.8. The monoisotopic (exact) mass is 481 g/mol. The zero-order chi connectivity index (χ0) is 19.3. The number of nitrogens with one attached hydrogen (secondary N) is 1. The van der Waals surface area contributed by atoms with Gasteiger partial charge in [-0.25, -0.2) is 4.98 Å². The number of carbonyl (C=O) groups is 1. The zero-order valence-corrected chi connectivity index (χ0v) is 19.4. The van der Waals surface area contributed by atoms with E-state index in [1.54, 1.807) is 22.7 Å². The van der Waals surface area contributed by atoms with Gasteiger partial charge < -0.3 is 10.2 Å². The van der Waals surface area contributed by atoms with E-state index < -0.39 is 0 Å². The summed E-state index contributed by atoms with van der Waals surface area (Å²) in [7, 11) is 0. The molecule has 2 fully saturated rings. The fourth-order valence-corrected chi connectivity index (χ4v) is 6.69. The summed E-state index contributed by atoms with van der Waals surface area (Å²) >= 11 is 6.77. The minimum Gasteiger partial charge on any atom is -0.353 e. The minimum absolute atomic E-state index is 0.106. The molecule has 1 saturated heterocycles. The van der Waals surface area contributed by atoms with Crippen LogP contribution in [0.4, 0.5) is 0 Å². The Morgan fingerprint density at radius 3 is 2.64 bits per heavy atom. The zero-order valence-electron chi connectivity index (χ0n) is 16.2. The fraction of sp³-hybridized carbons (Fsp3) is 0.619. The summed E-state index contributed by atoms with van der Waals surface area (Å²) in [5.74, 6) is 1.01. The standard InChI is InChI=1S/C21H28BrN3OS2/c22-16-10-19(27-13-16)21-24-18(14-28-21)11-20(26)23-17-6-8-25(9-7-17)12-15-4-2-1-3-5-15/h10,13-15,17H,1-9,11-12H2,(H,23,26). The van der Waals surface area contributed by atoms with Gasteiger partial charge in [-0.05, 0) is 53.6 Å². The van der Waals surface area contributed by atoms with Crippen molar-refractivity contribution in [1.29, 1.82) is 0 Å². The van der Waals surface area contributed by atoms with E-state index in [-0.39, 0.29) is 5.91 Å². The highest BCUT2D eigenvalue weighted by molar-refractivity contribution is 9.10.